The highest BCUT2D eigenvalue weighted by molar-refractivity contribution is 5.87. The first-order valence-corrected chi connectivity index (χ1v) is 7.11. The number of likely N-dealkylation sites (tertiary alicyclic amines) is 1. The highest BCUT2D eigenvalue weighted by atomic mass is 19.1. The molecule has 1 aliphatic rings. The molecule has 2 rings (SSSR count). The molecule has 0 aromatic heterocycles. The molecule has 0 atom stereocenters. The van der Waals surface area contributed by atoms with Gasteiger partial charge in [-0.15, -0.1) is 0 Å². The molecule has 0 aliphatic carbocycles. The van der Waals surface area contributed by atoms with Gasteiger partial charge in [0.2, 0.25) is 5.91 Å². The second-order valence-electron chi connectivity index (χ2n) is 6.01. The monoisotopic (exact) mass is 293 g/mol. The predicted molar refractivity (Wildman–Crippen MR) is 76.4 cm³/mol. The molecule has 1 saturated heterocycles. The lowest BCUT2D eigenvalue weighted by atomic mass is 9.82. The first-order valence-electron chi connectivity index (χ1n) is 7.11. The number of aliphatic carboxylic acids is 1. The van der Waals surface area contributed by atoms with Crippen LogP contribution in [0.3, 0.4) is 0 Å². The summed E-state index contributed by atoms with van der Waals surface area (Å²) in [5.74, 6) is -1.74. The van der Waals surface area contributed by atoms with E-state index in [2.05, 4.69) is 0 Å². The van der Waals surface area contributed by atoms with Crippen LogP contribution in [-0.2, 0) is 15.0 Å². The van der Waals surface area contributed by atoms with Gasteiger partial charge in [0, 0.05) is 18.7 Å². The molecule has 5 heteroatoms. The maximum Gasteiger partial charge on any atom is 0.306 e. The van der Waals surface area contributed by atoms with Crippen molar-refractivity contribution in [2.75, 3.05) is 13.1 Å². The third-order valence-corrected chi connectivity index (χ3v) is 4.21. The van der Waals surface area contributed by atoms with E-state index in [0.717, 1.165) is 0 Å². The molecule has 0 spiro atoms. The van der Waals surface area contributed by atoms with Gasteiger partial charge >= 0.3 is 5.97 Å². The third-order valence-electron chi connectivity index (χ3n) is 4.21. The molecule has 114 valence electrons. The molecule has 0 unspecified atom stereocenters. The minimum atomic E-state index is -0.957. The molecule has 0 bridgehead atoms. The SMILES string of the molecule is CC(C)(C(=O)N1CCC(C(=O)O)CC1)c1ccccc1F. The fraction of sp³-hybridized carbons (Fsp3) is 0.500. The van der Waals surface area contributed by atoms with Crippen molar-refractivity contribution in [2.45, 2.75) is 32.1 Å². The maximum absolute atomic E-state index is 13.9. The first kappa shape index (κ1) is 15.5. The molecule has 21 heavy (non-hydrogen) atoms. The van der Waals surface area contributed by atoms with Crippen molar-refractivity contribution in [3.05, 3.63) is 35.6 Å². The van der Waals surface area contributed by atoms with Crippen LogP contribution in [-0.4, -0.2) is 35.0 Å². The average Bonchev–Trinajstić information content (AvgIpc) is 2.46. The Balaban J connectivity index is 2.13. The molecule has 1 fully saturated rings. The van der Waals surface area contributed by atoms with Crippen LogP contribution in [0, 0.1) is 11.7 Å². The minimum absolute atomic E-state index is 0.156. The van der Waals surface area contributed by atoms with Gasteiger partial charge in [0.25, 0.3) is 0 Å². The number of carboxylic acids is 1. The molecule has 1 aliphatic heterocycles. The summed E-state index contributed by atoms with van der Waals surface area (Å²) >= 11 is 0. The molecular formula is C16H20FNO3. The van der Waals surface area contributed by atoms with E-state index >= 15 is 0 Å². The number of benzene rings is 1. The first-order chi connectivity index (χ1) is 9.84. The van der Waals surface area contributed by atoms with Crippen LogP contribution < -0.4 is 0 Å². The fourth-order valence-corrected chi connectivity index (χ4v) is 2.81. The van der Waals surface area contributed by atoms with Crippen molar-refractivity contribution in [2.24, 2.45) is 5.92 Å². The van der Waals surface area contributed by atoms with Crippen molar-refractivity contribution < 1.29 is 19.1 Å². The Kier molecular flexibility index (Phi) is 4.30. The summed E-state index contributed by atoms with van der Waals surface area (Å²) < 4.78 is 13.9. The lowest BCUT2D eigenvalue weighted by Gasteiger charge is -2.36. The Morgan fingerprint density at radius 3 is 2.33 bits per heavy atom. The maximum atomic E-state index is 13.9. The minimum Gasteiger partial charge on any atom is -0.481 e. The molecule has 4 nitrogen and oxygen atoms in total. The number of halogens is 1. The van der Waals surface area contributed by atoms with E-state index < -0.39 is 17.2 Å². The molecule has 1 aromatic carbocycles. The Morgan fingerprint density at radius 2 is 1.81 bits per heavy atom. The largest absolute Gasteiger partial charge is 0.481 e. The molecular weight excluding hydrogens is 273 g/mol. The lowest BCUT2D eigenvalue weighted by Crippen LogP contribution is -2.48. The van der Waals surface area contributed by atoms with Gasteiger partial charge in [-0.2, -0.15) is 0 Å². The smallest absolute Gasteiger partial charge is 0.306 e. The molecule has 1 heterocycles. The van der Waals surface area contributed by atoms with Gasteiger partial charge in [0.1, 0.15) is 5.82 Å². The van der Waals surface area contributed by atoms with E-state index in [4.69, 9.17) is 5.11 Å². The average molecular weight is 293 g/mol. The van der Waals surface area contributed by atoms with Crippen LogP contribution in [0.1, 0.15) is 32.3 Å². The fourth-order valence-electron chi connectivity index (χ4n) is 2.81. The molecule has 1 amide bonds. The van der Waals surface area contributed by atoms with Gasteiger partial charge in [-0.05, 0) is 32.8 Å². The van der Waals surface area contributed by atoms with E-state index in [0.29, 0.717) is 31.5 Å². The molecule has 1 N–H and O–H groups in total. The van der Waals surface area contributed by atoms with E-state index in [1.165, 1.54) is 6.07 Å². The second-order valence-corrected chi connectivity index (χ2v) is 6.01. The second kappa shape index (κ2) is 5.84. The lowest BCUT2D eigenvalue weighted by molar-refractivity contribution is -0.147. The van der Waals surface area contributed by atoms with Crippen molar-refractivity contribution in [1.82, 2.24) is 4.90 Å². The standard InChI is InChI=1S/C16H20FNO3/c1-16(2,12-5-3-4-6-13(12)17)15(21)18-9-7-11(8-10-18)14(19)20/h3-6,11H,7-10H2,1-2H3,(H,19,20). The highest BCUT2D eigenvalue weighted by Gasteiger charge is 2.37. The van der Waals surface area contributed by atoms with Gasteiger partial charge in [-0.25, -0.2) is 4.39 Å². The normalized spacial score (nSPS) is 16.8. The number of carbonyl (C=O) groups excluding carboxylic acids is 1. The zero-order valence-electron chi connectivity index (χ0n) is 12.3. The van der Waals surface area contributed by atoms with Crippen LogP contribution in [0.5, 0.6) is 0 Å². The summed E-state index contributed by atoms with van der Waals surface area (Å²) in [4.78, 5) is 25.2. The van der Waals surface area contributed by atoms with Gasteiger partial charge < -0.3 is 10.0 Å². The number of hydrogen-bond donors (Lipinski definition) is 1. The number of carbonyl (C=O) groups is 2. The summed E-state index contributed by atoms with van der Waals surface area (Å²) in [5, 5.41) is 8.98. The highest BCUT2D eigenvalue weighted by Crippen LogP contribution is 2.30. The van der Waals surface area contributed by atoms with Crippen molar-refractivity contribution in [3.8, 4) is 0 Å². The number of piperidine rings is 1. The van der Waals surface area contributed by atoms with Gasteiger partial charge in [-0.3, -0.25) is 9.59 Å². The zero-order chi connectivity index (χ0) is 15.6. The predicted octanol–water partition coefficient (Wildman–Crippen LogP) is 2.43. The summed E-state index contributed by atoms with van der Waals surface area (Å²) in [7, 11) is 0. The summed E-state index contributed by atoms with van der Waals surface area (Å²) in [6, 6.07) is 6.28. The summed E-state index contributed by atoms with van der Waals surface area (Å²) in [6.45, 7) is 4.23. The van der Waals surface area contributed by atoms with E-state index in [1.54, 1.807) is 36.9 Å². The molecule has 0 radical (unpaired) electrons. The number of amides is 1. The van der Waals surface area contributed by atoms with Gasteiger partial charge in [0.05, 0.1) is 11.3 Å². The number of carboxylic acid groups (broad SMARTS) is 1. The van der Waals surface area contributed by atoms with Crippen molar-refractivity contribution in [1.29, 1.82) is 0 Å². The van der Waals surface area contributed by atoms with E-state index in [-0.39, 0.29) is 11.8 Å². The number of nitrogens with zero attached hydrogens (tertiary/aromatic N) is 1. The summed E-state index contributed by atoms with van der Waals surface area (Å²) in [6.07, 6.45) is 0.906. The molecule has 0 saturated carbocycles. The Hall–Kier alpha value is -1.91. The topological polar surface area (TPSA) is 57.6 Å². The van der Waals surface area contributed by atoms with Gasteiger partial charge in [-0.1, -0.05) is 18.2 Å². The quantitative estimate of drug-likeness (QED) is 0.931. The van der Waals surface area contributed by atoms with Crippen LogP contribution in [0.25, 0.3) is 0 Å². The van der Waals surface area contributed by atoms with E-state index in [1.807, 2.05) is 0 Å². The number of hydrogen-bond acceptors (Lipinski definition) is 2. The van der Waals surface area contributed by atoms with Crippen LogP contribution in [0.4, 0.5) is 4.39 Å². The van der Waals surface area contributed by atoms with Gasteiger partial charge in [0.15, 0.2) is 0 Å². The summed E-state index contributed by atoms with van der Waals surface area (Å²) in [5.41, 5.74) is -0.586. The van der Waals surface area contributed by atoms with Crippen molar-refractivity contribution >= 4 is 11.9 Å². The Bertz CT molecular complexity index is 548. The van der Waals surface area contributed by atoms with Crippen molar-refractivity contribution in [3.63, 3.8) is 0 Å². The van der Waals surface area contributed by atoms with Crippen LogP contribution >= 0.6 is 0 Å². The Morgan fingerprint density at radius 1 is 1.24 bits per heavy atom. The molecule has 1 aromatic rings. The zero-order valence-corrected chi connectivity index (χ0v) is 12.3. The van der Waals surface area contributed by atoms with Crippen LogP contribution in [0.15, 0.2) is 24.3 Å². The Labute approximate surface area is 123 Å². The van der Waals surface area contributed by atoms with Crippen LogP contribution in [0.2, 0.25) is 0 Å². The third kappa shape index (κ3) is 3.06. The number of rotatable bonds is 3. The van der Waals surface area contributed by atoms with E-state index in [9.17, 15) is 14.0 Å².